The van der Waals surface area contributed by atoms with Crippen LogP contribution in [0.25, 0.3) is 0 Å². The predicted octanol–water partition coefficient (Wildman–Crippen LogP) is 4.92. The van der Waals surface area contributed by atoms with Gasteiger partial charge in [0.25, 0.3) is 0 Å². The zero-order valence-electron chi connectivity index (χ0n) is 15.2. The van der Waals surface area contributed by atoms with Gasteiger partial charge in [0, 0.05) is 30.2 Å². The lowest BCUT2D eigenvalue weighted by atomic mass is 10.0. The number of rotatable bonds is 7. The van der Waals surface area contributed by atoms with Gasteiger partial charge in [0.1, 0.15) is 5.75 Å². The molecule has 2 aromatic carbocycles. The second-order valence-corrected chi connectivity index (χ2v) is 6.89. The van der Waals surface area contributed by atoms with Gasteiger partial charge in [-0.25, -0.2) is 0 Å². The molecule has 4 heteroatoms. The van der Waals surface area contributed by atoms with Gasteiger partial charge in [0.15, 0.2) is 5.78 Å². The molecule has 4 nitrogen and oxygen atoms in total. The van der Waals surface area contributed by atoms with E-state index in [1.807, 2.05) is 43.3 Å². The van der Waals surface area contributed by atoms with Gasteiger partial charge in [-0.1, -0.05) is 35.9 Å². The third kappa shape index (κ3) is 5.19. The van der Waals surface area contributed by atoms with Crippen LogP contribution in [0.15, 0.2) is 48.5 Å². The summed E-state index contributed by atoms with van der Waals surface area (Å²) in [5.74, 6) is 0.604. The highest BCUT2D eigenvalue weighted by molar-refractivity contribution is 6.00. The number of hydrogen-bond donors (Lipinski definition) is 1. The molecule has 0 bridgehead atoms. The van der Waals surface area contributed by atoms with Crippen molar-refractivity contribution in [2.24, 2.45) is 0 Å². The molecule has 1 fully saturated rings. The molecule has 0 saturated heterocycles. The Morgan fingerprint density at radius 3 is 2.50 bits per heavy atom. The molecule has 1 aliphatic rings. The Hall–Kier alpha value is -2.62. The fourth-order valence-electron chi connectivity index (χ4n) is 3.18. The number of carbonyl (C=O) groups is 2. The highest BCUT2D eigenvalue weighted by atomic mass is 16.5. The van der Waals surface area contributed by atoms with Crippen LogP contribution in [-0.2, 0) is 4.79 Å². The van der Waals surface area contributed by atoms with E-state index >= 15 is 0 Å². The maximum absolute atomic E-state index is 12.2. The predicted molar refractivity (Wildman–Crippen MR) is 103 cm³/mol. The summed E-state index contributed by atoms with van der Waals surface area (Å²) >= 11 is 0. The molecule has 136 valence electrons. The van der Waals surface area contributed by atoms with Crippen LogP contribution < -0.4 is 10.1 Å². The van der Waals surface area contributed by atoms with Crippen molar-refractivity contribution in [3.63, 3.8) is 0 Å². The second-order valence-electron chi connectivity index (χ2n) is 6.89. The van der Waals surface area contributed by atoms with Crippen LogP contribution in [0.5, 0.6) is 5.75 Å². The largest absolute Gasteiger partial charge is 0.490 e. The third-order valence-corrected chi connectivity index (χ3v) is 4.68. The molecule has 1 saturated carbocycles. The van der Waals surface area contributed by atoms with Gasteiger partial charge in [-0.15, -0.1) is 0 Å². The minimum Gasteiger partial charge on any atom is -0.490 e. The van der Waals surface area contributed by atoms with Crippen LogP contribution in [0.4, 0.5) is 5.69 Å². The van der Waals surface area contributed by atoms with E-state index in [4.69, 9.17) is 4.74 Å². The number of aryl methyl sites for hydroxylation is 1. The van der Waals surface area contributed by atoms with E-state index in [-0.39, 0.29) is 30.6 Å². The molecular formula is C22H25NO3. The zero-order valence-corrected chi connectivity index (χ0v) is 15.2. The van der Waals surface area contributed by atoms with Gasteiger partial charge in [0.2, 0.25) is 5.91 Å². The SMILES string of the molecule is Cc1ccc(C(=O)CCC(=O)Nc2cccc(OC3CCCC3)c2)cc1. The highest BCUT2D eigenvalue weighted by Gasteiger charge is 2.16. The first-order chi connectivity index (χ1) is 12.6. The van der Waals surface area contributed by atoms with Crippen LogP contribution in [0.3, 0.4) is 0 Å². The van der Waals surface area contributed by atoms with Gasteiger partial charge >= 0.3 is 0 Å². The molecule has 2 aromatic rings. The van der Waals surface area contributed by atoms with Crippen LogP contribution in [0, 0.1) is 6.92 Å². The van der Waals surface area contributed by atoms with E-state index < -0.39 is 0 Å². The zero-order chi connectivity index (χ0) is 18.4. The number of ether oxygens (including phenoxy) is 1. The summed E-state index contributed by atoms with van der Waals surface area (Å²) in [6, 6.07) is 14.9. The van der Waals surface area contributed by atoms with Crippen LogP contribution in [0.1, 0.15) is 54.4 Å². The number of anilines is 1. The molecule has 0 radical (unpaired) electrons. The first-order valence-electron chi connectivity index (χ1n) is 9.26. The Morgan fingerprint density at radius 1 is 1.04 bits per heavy atom. The number of hydrogen-bond acceptors (Lipinski definition) is 3. The molecule has 3 rings (SSSR count). The number of amides is 1. The van der Waals surface area contributed by atoms with Crippen molar-refractivity contribution in [3.05, 3.63) is 59.7 Å². The van der Waals surface area contributed by atoms with Gasteiger partial charge in [-0.05, 0) is 44.7 Å². The lowest BCUT2D eigenvalue weighted by molar-refractivity contribution is -0.116. The average molecular weight is 351 g/mol. The summed E-state index contributed by atoms with van der Waals surface area (Å²) in [6.45, 7) is 1.98. The minimum atomic E-state index is -0.163. The van der Waals surface area contributed by atoms with Crippen molar-refractivity contribution in [2.45, 2.75) is 51.6 Å². The molecule has 0 aliphatic heterocycles. The summed E-state index contributed by atoms with van der Waals surface area (Å²) in [6.07, 6.45) is 5.28. The van der Waals surface area contributed by atoms with E-state index in [9.17, 15) is 9.59 Å². The Kier molecular flexibility index (Phi) is 6.05. The average Bonchev–Trinajstić information content (AvgIpc) is 3.13. The summed E-state index contributed by atoms with van der Waals surface area (Å²) in [5, 5.41) is 2.85. The van der Waals surface area contributed by atoms with E-state index in [0.717, 1.165) is 24.2 Å². The van der Waals surface area contributed by atoms with E-state index in [2.05, 4.69) is 5.32 Å². The summed E-state index contributed by atoms with van der Waals surface area (Å²) < 4.78 is 5.96. The van der Waals surface area contributed by atoms with Crippen molar-refractivity contribution in [1.82, 2.24) is 0 Å². The first-order valence-corrected chi connectivity index (χ1v) is 9.26. The maximum atomic E-state index is 12.2. The Balaban J connectivity index is 1.49. The maximum Gasteiger partial charge on any atom is 0.224 e. The molecule has 1 aliphatic carbocycles. The number of Topliss-reactive ketones (excluding diaryl/α,β-unsaturated/α-hetero) is 1. The Morgan fingerprint density at radius 2 is 1.77 bits per heavy atom. The van der Waals surface area contributed by atoms with Gasteiger partial charge < -0.3 is 10.1 Å². The van der Waals surface area contributed by atoms with Crippen molar-refractivity contribution in [2.75, 3.05) is 5.32 Å². The van der Waals surface area contributed by atoms with Crippen LogP contribution in [-0.4, -0.2) is 17.8 Å². The minimum absolute atomic E-state index is 0.0153. The molecule has 0 heterocycles. The molecular weight excluding hydrogens is 326 g/mol. The standard InChI is InChI=1S/C22H25NO3/c1-16-9-11-17(12-10-16)21(24)13-14-22(25)23-18-5-4-8-20(15-18)26-19-6-2-3-7-19/h4-5,8-12,15,19H,2-3,6-7,13-14H2,1H3,(H,23,25). The second kappa shape index (κ2) is 8.65. The number of benzene rings is 2. The molecule has 26 heavy (non-hydrogen) atoms. The quantitative estimate of drug-likeness (QED) is 0.721. The Labute approximate surface area is 154 Å². The normalized spacial score (nSPS) is 14.2. The van der Waals surface area contributed by atoms with Crippen molar-refractivity contribution < 1.29 is 14.3 Å². The lowest BCUT2D eigenvalue weighted by Gasteiger charge is -2.14. The first kappa shape index (κ1) is 18.2. The van der Waals surface area contributed by atoms with E-state index in [1.165, 1.54) is 12.8 Å². The molecule has 0 unspecified atom stereocenters. The van der Waals surface area contributed by atoms with Crippen molar-refractivity contribution in [1.29, 1.82) is 0 Å². The number of carbonyl (C=O) groups excluding carboxylic acids is 2. The van der Waals surface area contributed by atoms with E-state index in [1.54, 1.807) is 12.1 Å². The lowest BCUT2D eigenvalue weighted by Crippen LogP contribution is -2.14. The third-order valence-electron chi connectivity index (χ3n) is 4.68. The highest BCUT2D eigenvalue weighted by Crippen LogP contribution is 2.25. The summed E-state index contributed by atoms with van der Waals surface area (Å²) in [4.78, 5) is 24.3. The van der Waals surface area contributed by atoms with Gasteiger partial charge in [-0.2, -0.15) is 0 Å². The fraction of sp³-hybridized carbons (Fsp3) is 0.364. The van der Waals surface area contributed by atoms with Crippen LogP contribution >= 0.6 is 0 Å². The van der Waals surface area contributed by atoms with Crippen LogP contribution in [0.2, 0.25) is 0 Å². The Bertz CT molecular complexity index is 761. The van der Waals surface area contributed by atoms with Crippen molar-refractivity contribution in [3.8, 4) is 5.75 Å². The molecule has 0 aromatic heterocycles. The number of ketones is 1. The number of nitrogens with one attached hydrogen (secondary N) is 1. The van der Waals surface area contributed by atoms with Gasteiger partial charge in [-0.3, -0.25) is 9.59 Å². The monoisotopic (exact) mass is 351 g/mol. The smallest absolute Gasteiger partial charge is 0.224 e. The molecule has 1 amide bonds. The van der Waals surface area contributed by atoms with E-state index in [0.29, 0.717) is 11.3 Å². The molecule has 1 N–H and O–H groups in total. The van der Waals surface area contributed by atoms with Crippen molar-refractivity contribution >= 4 is 17.4 Å². The summed E-state index contributed by atoms with van der Waals surface area (Å²) in [7, 11) is 0. The molecule has 0 spiro atoms. The topological polar surface area (TPSA) is 55.4 Å². The molecule has 0 atom stereocenters. The summed E-state index contributed by atoms with van der Waals surface area (Å²) in [5.41, 5.74) is 2.46. The fourth-order valence-corrected chi connectivity index (χ4v) is 3.18. The van der Waals surface area contributed by atoms with Gasteiger partial charge in [0.05, 0.1) is 6.10 Å².